The Kier molecular flexibility index (Phi) is 2.63. The van der Waals surface area contributed by atoms with Crippen molar-refractivity contribution in [3.63, 3.8) is 0 Å². The maximum absolute atomic E-state index is 10.5. The van der Waals surface area contributed by atoms with E-state index in [0.29, 0.717) is 11.5 Å². The van der Waals surface area contributed by atoms with E-state index < -0.39 is 0 Å². The van der Waals surface area contributed by atoms with Gasteiger partial charge in [-0.1, -0.05) is 0 Å². The second kappa shape index (κ2) is 3.71. The van der Waals surface area contributed by atoms with E-state index in [0.717, 1.165) is 0 Å². The smallest absolute Gasteiger partial charge is 0.236 e. The number of nitrogens with one attached hydrogen (secondary N) is 1. The van der Waals surface area contributed by atoms with E-state index >= 15 is 0 Å². The summed E-state index contributed by atoms with van der Waals surface area (Å²) in [6.07, 6.45) is 1.56. The maximum Gasteiger partial charge on any atom is 0.236 e. The third-order valence-corrected chi connectivity index (χ3v) is 1.26. The van der Waals surface area contributed by atoms with Crippen LogP contribution in [0, 0.1) is 0 Å². The predicted octanol–water partition coefficient (Wildman–Crippen LogP) is 1.14. The van der Waals surface area contributed by atoms with Gasteiger partial charge in [0.15, 0.2) is 0 Å². The summed E-state index contributed by atoms with van der Waals surface area (Å²) in [6, 6.07) is 3.54. The Morgan fingerprint density at radius 1 is 1.58 bits per heavy atom. The molecule has 1 aromatic rings. The highest BCUT2D eigenvalue weighted by atomic mass is 16.3. The standard InChI is InChI=1S/C8H10N2O2/c1-6(9-10-7(2)11)8-4-3-5-12-8/h3-5H,1-2H3,(H,10,11)/b9-6-. The third-order valence-electron chi connectivity index (χ3n) is 1.26. The minimum atomic E-state index is -0.194. The number of hydrazone groups is 1. The number of rotatable bonds is 2. The number of hydrogen-bond donors (Lipinski definition) is 1. The lowest BCUT2D eigenvalue weighted by molar-refractivity contribution is -0.118. The van der Waals surface area contributed by atoms with Gasteiger partial charge < -0.3 is 4.42 Å². The molecule has 0 aromatic carbocycles. The van der Waals surface area contributed by atoms with Crippen LogP contribution in [-0.4, -0.2) is 11.6 Å². The molecule has 0 spiro atoms. The number of nitrogens with zero attached hydrogens (tertiary/aromatic N) is 1. The molecule has 1 N–H and O–H groups in total. The van der Waals surface area contributed by atoms with Crippen molar-refractivity contribution >= 4 is 11.6 Å². The molecule has 1 amide bonds. The van der Waals surface area contributed by atoms with Crippen LogP contribution in [0.4, 0.5) is 0 Å². The summed E-state index contributed by atoms with van der Waals surface area (Å²) in [5.74, 6) is 0.463. The minimum Gasteiger partial charge on any atom is -0.463 e. The Bertz CT molecular complexity index is 288. The average molecular weight is 166 g/mol. The molecule has 0 fully saturated rings. The van der Waals surface area contributed by atoms with Crippen molar-refractivity contribution in [3.8, 4) is 0 Å². The lowest BCUT2D eigenvalue weighted by Gasteiger charge is -1.95. The van der Waals surface area contributed by atoms with Gasteiger partial charge in [0.25, 0.3) is 0 Å². The topological polar surface area (TPSA) is 54.6 Å². The molecule has 0 radical (unpaired) electrons. The van der Waals surface area contributed by atoms with Crippen molar-refractivity contribution < 1.29 is 9.21 Å². The van der Waals surface area contributed by atoms with Crippen molar-refractivity contribution in [1.29, 1.82) is 0 Å². The van der Waals surface area contributed by atoms with Crippen LogP contribution in [0.25, 0.3) is 0 Å². The van der Waals surface area contributed by atoms with Gasteiger partial charge in [-0.3, -0.25) is 4.79 Å². The number of hydrogen-bond acceptors (Lipinski definition) is 3. The van der Waals surface area contributed by atoms with Gasteiger partial charge in [0.2, 0.25) is 5.91 Å². The first-order valence-corrected chi connectivity index (χ1v) is 3.55. The monoisotopic (exact) mass is 166 g/mol. The highest BCUT2D eigenvalue weighted by Gasteiger charge is 1.98. The molecule has 0 saturated heterocycles. The normalized spacial score (nSPS) is 11.3. The zero-order valence-corrected chi connectivity index (χ0v) is 7.00. The number of amides is 1. The van der Waals surface area contributed by atoms with Gasteiger partial charge in [-0.15, -0.1) is 0 Å². The SMILES string of the molecule is CC(=O)N/N=C(/C)c1ccco1. The summed E-state index contributed by atoms with van der Waals surface area (Å²) >= 11 is 0. The summed E-state index contributed by atoms with van der Waals surface area (Å²) in [5, 5.41) is 3.79. The largest absolute Gasteiger partial charge is 0.463 e. The fraction of sp³-hybridized carbons (Fsp3) is 0.250. The fourth-order valence-corrected chi connectivity index (χ4v) is 0.702. The van der Waals surface area contributed by atoms with Crippen molar-refractivity contribution in [2.75, 3.05) is 0 Å². The van der Waals surface area contributed by atoms with Crippen LogP contribution in [0.3, 0.4) is 0 Å². The van der Waals surface area contributed by atoms with E-state index in [1.807, 2.05) is 0 Å². The molecule has 1 rings (SSSR count). The lowest BCUT2D eigenvalue weighted by Crippen LogP contribution is -2.14. The predicted molar refractivity (Wildman–Crippen MR) is 44.7 cm³/mol. The van der Waals surface area contributed by atoms with Crippen LogP contribution >= 0.6 is 0 Å². The van der Waals surface area contributed by atoms with E-state index in [2.05, 4.69) is 10.5 Å². The highest BCUT2D eigenvalue weighted by Crippen LogP contribution is 2.00. The summed E-state index contributed by atoms with van der Waals surface area (Å²) in [7, 11) is 0. The van der Waals surface area contributed by atoms with Crippen molar-refractivity contribution in [2.24, 2.45) is 5.10 Å². The number of carbonyl (C=O) groups is 1. The van der Waals surface area contributed by atoms with E-state index in [4.69, 9.17) is 4.42 Å². The molecular formula is C8H10N2O2. The number of furan rings is 1. The second-order valence-corrected chi connectivity index (χ2v) is 2.34. The molecule has 0 aliphatic heterocycles. The number of carbonyl (C=O) groups excluding carboxylic acids is 1. The van der Waals surface area contributed by atoms with Crippen LogP contribution < -0.4 is 5.43 Å². The second-order valence-electron chi connectivity index (χ2n) is 2.34. The first-order valence-electron chi connectivity index (χ1n) is 3.55. The Morgan fingerprint density at radius 3 is 2.83 bits per heavy atom. The Balaban J connectivity index is 2.65. The van der Waals surface area contributed by atoms with Crippen molar-refractivity contribution in [3.05, 3.63) is 24.2 Å². The Morgan fingerprint density at radius 2 is 2.33 bits per heavy atom. The van der Waals surface area contributed by atoms with E-state index in [1.54, 1.807) is 25.3 Å². The summed E-state index contributed by atoms with van der Waals surface area (Å²) < 4.78 is 5.05. The molecule has 4 nitrogen and oxygen atoms in total. The highest BCUT2D eigenvalue weighted by molar-refractivity contribution is 5.96. The fourth-order valence-electron chi connectivity index (χ4n) is 0.702. The van der Waals surface area contributed by atoms with E-state index in [-0.39, 0.29) is 5.91 Å². The molecule has 0 saturated carbocycles. The molecule has 0 bridgehead atoms. The molecule has 12 heavy (non-hydrogen) atoms. The lowest BCUT2D eigenvalue weighted by atomic mass is 10.3. The molecule has 1 aromatic heterocycles. The minimum absolute atomic E-state index is 0.194. The van der Waals surface area contributed by atoms with Crippen molar-refractivity contribution in [1.82, 2.24) is 5.43 Å². The summed E-state index contributed by atoms with van der Waals surface area (Å²) in [5.41, 5.74) is 2.97. The van der Waals surface area contributed by atoms with Gasteiger partial charge in [0, 0.05) is 6.92 Å². The zero-order chi connectivity index (χ0) is 8.97. The third kappa shape index (κ3) is 2.23. The van der Waals surface area contributed by atoms with Gasteiger partial charge in [0.1, 0.15) is 11.5 Å². The molecule has 64 valence electrons. The quantitative estimate of drug-likeness (QED) is 0.529. The molecule has 4 heteroatoms. The Labute approximate surface area is 70.3 Å². The van der Waals surface area contributed by atoms with E-state index in [9.17, 15) is 4.79 Å². The molecule has 0 atom stereocenters. The first-order chi connectivity index (χ1) is 5.70. The van der Waals surface area contributed by atoms with Gasteiger partial charge in [-0.05, 0) is 19.1 Å². The van der Waals surface area contributed by atoms with Crippen LogP contribution in [-0.2, 0) is 4.79 Å². The van der Waals surface area contributed by atoms with E-state index in [1.165, 1.54) is 6.92 Å². The molecular weight excluding hydrogens is 156 g/mol. The van der Waals surface area contributed by atoms with Crippen LogP contribution in [0.1, 0.15) is 19.6 Å². The molecule has 0 unspecified atom stereocenters. The molecule has 0 aliphatic rings. The molecule has 0 aliphatic carbocycles. The van der Waals surface area contributed by atoms with Gasteiger partial charge in [-0.25, -0.2) is 5.43 Å². The summed E-state index contributed by atoms with van der Waals surface area (Å²) in [4.78, 5) is 10.5. The van der Waals surface area contributed by atoms with Crippen molar-refractivity contribution in [2.45, 2.75) is 13.8 Å². The van der Waals surface area contributed by atoms with Gasteiger partial charge in [0.05, 0.1) is 6.26 Å². The Hall–Kier alpha value is -1.58. The zero-order valence-electron chi connectivity index (χ0n) is 7.00. The molecule has 1 heterocycles. The average Bonchev–Trinajstić information content (AvgIpc) is 2.51. The maximum atomic E-state index is 10.5. The van der Waals surface area contributed by atoms with Gasteiger partial charge in [-0.2, -0.15) is 5.10 Å². The first kappa shape index (κ1) is 8.52. The van der Waals surface area contributed by atoms with Crippen LogP contribution in [0.15, 0.2) is 27.9 Å². The van der Waals surface area contributed by atoms with Crippen LogP contribution in [0.5, 0.6) is 0 Å². The summed E-state index contributed by atoms with van der Waals surface area (Å²) in [6.45, 7) is 3.16. The van der Waals surface area contributed by atoms with Crippen LogP contribution in [0.2, 0.25) is 0 Å². The van der Waals surface area contributed by atoms with Gasteiger partial charge >= 0.3 is 0 Å².